The molecule has 0 bridgehead atoms. The lowest BCUT2D eigenvalue weighted by Crippen LogP contribution is -2.45. The van der Waals surface area contributed by atoms with Crippen molar-refractivity contribution in [3.63, 3.8) is 0 Å². The van der Waals surface area contributed by atoms with Crippen molar-refractivity contribution in [2.45, 2.75) is 50.5 Å². The molecule has 1 aromatic carbocycles. The number of carbonyl (C=O) groups is 1. The highest BCUT2D eigenvalue weighted by Gasteiger charge is 2.58. The molecule has 132 valence electrons. The van der Waals surface area contributed by atoms with Gasteiger partial charge in [0.05, 0.1) is 5.54 Å². The van der Waals surface area contributed by atoms with E-state index in [0.29, 0.717) is 5.41 Å². The zero-order valence-electron chi connectivity index (χ0n) is 13.9. The van der Waals surface area contributed by atoms with Crippen molar-refractivity contribution in [2.24, 2.45) is 11.3 Å². The highest BCUT2D eigenvalue weighted by Crippen LogP contribution is 2.59. The second-order valence-corrected chi connectivity index (χ2v) is 8.09. The summed E-state index contributed by atoms with van der Waals surface area (Å²) < 4.78 is 0. The van der Waals surface area contributed by atoms with Crippen molar-refractivity contribution in [2.75, 3.05) is 13.1 Å². The highest BCUT2D eigenvalue weighted by atomic mass is 35.5. The fraction of sp³-hybridized carbons (Fsp3) is 0.632. The molecule has 0 aromatic heterocycles. The summed E-state index contributed by atoms with van der Waals surface area (Å²) in [5.41, 5.74) is 1.28. The van der Waals surface area contributed by atoms with Gasteiger partial charge in [0.15, 0.2) is 0 Å². The van der Waals surface area contributed by atoms with Crippen LogP contribution in [0.1, 0.15) is 50.5 Å². The van der Waals surface area contributed by atoms with Crippen LogP contribution in [-0.4, -0.2) is 19.0 Å². The molecule has 3 nitrogen and oxygen atoms in total. The van der Waals surface area contributed by atoms with E-state index in [1.54, 1.807) is 0 Å². The molecule has 4 rings (SSSR count). The Morgan fingerprint density at radius 3 is 2.54 bits per heavy atom. The first kappa shape index (κ1) is 18.0. The van der Waals surface area contributed by atoms with E-state index >= 15 is 0 Å². The molecular formula is C19H26Cl2N2O. The van der Waals surface area contributed by atoms with Crippen molar-refractivity contribution in [3.05, 3.63) is 34.9 Å². The lowest BCUT2D eigenvalue weighted by atomic mass is 9.87. The monoisotopic (exact) mass is 368 g/mol. The van der Waals surface area contributed by atoms with Crippen LogP contribution >= 0.6 is 24.0 Å². The molecule has 1 saturated heterocycles. The van der Waals surface area contributed by atoms with Crippen LogP contribution in [0.2, 0.25) is 5.02 Å². The summed E-state index contributed by atoms with van der Waals surface area (Å²) in [5.74, 6) is 0.495. The molecule has 3 fully saturated rings. The van der Waals surface area contributed by atoms with E-state index in [0.717, 1.165) is 50.2 Å². The molecule has 3 aliphatic rings. The SMILES string of the molecule is Cl.O=C(NC1(c2cccc(Cl)c2)CCCC1)C1CC12CCNCC2. The normalized spacial score (nSPS) is 26.6. The Balaban J connectivity index is 0.00000169. The standard InChI is InChI=1S/C19H25ClN2O.ClH/c20-15-5-3-4-14(12-15)19(6-1-2-7-19)22-17(23)16-13-18(16)8-10-21-11-9-18;/h3-5,12,16,21H,1-2,6-11,13H2,(H,22,23);1H. The Morgan fingerprint density at radius 2 is 1.88 bits per heavy atom. The molecule has 2 N–H and O–H groups in total. The smallest absolute Gasteiger partial charge is 0.224 e. The summed E-state index contributed by atoms with van der Waals surface area (Å²) in [4.78, 5) is 12.9. The molecule has 1 unspecified atom stereocenters. The third kappa shape index (κ3) is 3.18. The van der Waals surface area contributed by atoms with Gasteiger partial charge >= 0.3 is 0 Å². The molecule has 5 heteroatoms. The van der Waals surface area contributed by atoms with E-state index in [1.807, 2.05) is 18.2 Å². The second-order valence-electron chi connectivity index (χ2n) is 7.66. The molecule has 0 radical (unpaired) electrons. The summed E-state index contributed by atoms with van der Waals surface area (Å²) in [6.45, 7) is 2.12. The van der Waals surface area contributed by atoms with E-state index < -0.39 is 0 Å². The third-order valence-corrected chi connectivity index (χ3v) is 6.54. The van der Waals surface area contributed by atoms with Gasteiger partial charge in [-0.15, -0.1) is 12.4 Å². The minimum absolute atomic E-state index is 0. The maximum atomic E-state index is 12.9. The van der Waals surface area contributed by atoms with E-state index in [1.165, 1.54) is 18.4 Å². The topological polar surface area (TPSA) is 41.1 Å². The summed E-state index contributed by atoms with van der Waals surface area (Å²) in [6, 6.07) is 8.04. The molecule has 2 saturated carbocycles. The summed E-state index contributed by atoms with van der Waals surface area (Å²) in [6.07, 6.45) is 7.77. The molecule has 1 atom stereocenters. The quantitative estimate of drug-likeness (QED) is 0.845. The number of piperidine rings is 1. The van der Waals surface area contributed by atoms with Crippen molar-refractivity contribution < 1.29 is 4.79 Å². The lowest BCUT2D eigenvalue weighted by Gasteiger charge is -2.32. The van der Waals surface area contributed by atoms with E-state index in [4.69, 9.17) is 11.6 Å². The highest BCUT2D eigenvalue weighted by molar-refractivity contribution is 6.30. The van der Waals surface area contributed by atoms with Gasteiger partial charge in [0.25, 0.3) is 0 Å². The summed E-state index contributed by atoms with van der Waals surface area (Å²) >= 11 is 6.19. The molecule has 1 spiro atoms. The Labute approximate surface area is 155 Å². The first-order valence-electron chi connectivity index (χ1n) is 8.92. The second kappa shape index (κ2) is 6.86. The first-order valence-corrected chi connectivity index (χ1v) is 9.30. The van der Waals surface area contributed by atoms with Gasteiger partial charge in [-0.3, -0.25) is 4.79 Å². The van der Waals surface area contributed by atoms with Crippen LogP contribution in [0.3, 0.4) is 0 Å². The predicted molar refractivity (Wildman–Crippen MR) is 99.6 cm³/mol. The van der Waals surface area contributed by atoms with Crippen LogP contribution in [0, 0.1) is 11.3 Å². The van der Waals surface area contributed by atoms with Crippen LogP contribution in [0.5, 0.6) is 0 Å². The molecule has 24 heavy (non-hydrogen) atoms. The number of amides is 1. The first-order chi connectivity index (χ1) is 11.1. The van der Waals surface area contributed by atoms with Crippen LogP contribution in [-0.2, 0) is 10.3 Å². The predicted octanol–water partition coefficient (Wildman–Crippen LogP) is 4.04. The van der Waals surface area contributed by atoms with Gasteiger partial charge in [0.1, 0.15) is 0 Å². The van der Waals surface area contributed by atoms with E-state index in [2.05, 4.69) is 16.7 Å². The zero-order chi connectivity index (χ0) is 15.9. The zero-order valence-corrected chi connectivity index (χ0v) is 15.5. The molecular weight excluding hydrogens is 343 g/mol. The van der Waals surface area contributed by atoms with Crippen molar-refractivity contribution in [1.29, 1.82) is 0 Å². The number of halogens is 2. The van der Waals surface area contributed by atoms with Gasteiger partial charge in [-0.05, 0) is 68.3 Å². The number of nitrogens with one attached hydrogen (secondary N) is 2. The fourth-order valence-electron chi connectivity index (χ4n) is 4.77. The fourth-order valence-corrected chi connectivity index (χ4v) is 4.96. The van der Waals surface area contributed by atoms with Crippen LogP contribution < -0.4 is 10.6 Å². The lowest BCUT2D eigenvalue weighted by molar-refractivity contribution is -0.125. The van der Waals surface area contributed by atoms with Crippen LogP contribution in [0.4, 0.5) is 0 Å². The van der Waals surface area contributed by atoms with Crippen molar-refractivity contribution >= 4 is 29.9 Å². The summed E-state index contributed by atoms with van der Waals surface area (Å²) in [5, 5.41) is 7.61. The van der Waals surface area contributed by atoms with Crippen LogP contribution in [0.25, 0.3) is 0 Å². The van der Waals surface area contributed by atoms with E-state index in [-0.39, 0.29) is 29.8 Å². The molecule has 1 amide bonds. The van der Waals surface area contributed by atoms with Gasteiger partial charge < -0.3 is 10.6 Å². The number of carbonyl (C=O) groups excluding carboxylic acids is 1. The Hall–Kier alpha value is -0.770. The number of hydrogen-bond donors (Lipinski definition) is 2. The minimum atomic E-state index is -0.196. The average Bonchev–Trinajstić information content (AvgIpc) is 3.04. The largest absolute Gasteiger partial charge is 0.346 e. The molecule has 1 aliphatic heterocycles. The van der Waals surface area contributed by atoms with Gasteiger partial charge in [0, 0.05) is 10.9 Å². The van der Waals surface area contributed by atoms with E-state index in [9.17, 15) is 4.79 Å². The Bertz CT molecular complexity index is 607. The van der Waals surface area contributed by atoms with Crippen molar-refractivity contribution in [3.8, 4) is 0 Å². The number of hydrogen-bond acceptors (Lipinski definition) is 2. The van der Waals surface area contributed by atoms with Gasteiger partial charge in [-0.25, -0.2) is 0 Å². The molecule has 1 aromatic rings. The van der Waals surface area contributed by atoms with Crippen LogP contribution in [0.15, 0.2) is 24.3 Å². The molecule has 2 aliphatic carbocycles. The molecule has 1 heterocycles. The third-order valence-electron chi connectivity index (χ3n) is 6.30. The Kier molecular flexibility index (Phi) is 5.15. The summed E-state index contributed by atoms with van der Waals surface area (Å²) in [7, 11) is 0. The maximum absolute atomic E-state index is 12.9. The Morgan fingerprint density at radius 1 is 1.17 bits per heavy atom. The minimum Gasteiger partial charge on any atom is -0.346 e. The van der Waals surface area contributed by atoms with Gasteiger partial charge in [0.2, 0.25) is 5.91 Å². The van der Waals surface area contributed by atoms with Crippen molar-refractivity contribution in [1.82, 2.24) is 10.6 Å². The number of benzene rings is 1. The van der Waals surface area contributed by atoms with Gasteiger partial charge in [-0.1, -0.05) is 36.6 Å². The maximum Gasteiger partial charge on any atom is 0.224 e. The average molecular weight is 369 g/mol. The van der Waals surface area contributed by atoms with Gasteiger partial charge in [-0.2, -0.15) is 0 Å². The number of rotatable bonds is 3.